The first-order valence-corrected chi connectivity index (χ1v) is 9.14. The number of aromatic amines is 1. The highest BCUT2D eigenvalue weighted by molar-refractivity contribution is 6.10. The van der Waals surface area contributed by atoms with Crippen molar-refractivity contribution in [2.24, 2.45) is 0 Å². The zero-order valence-electron chi connectivity index (χ0n) is 15.2. The Balaban J connectivity index is 1.69. The van der Waals surface area contributed by atoms with Gasteiger partial charge in [0.15, 0.2) is 5.43 Å². The Kier molecular flexibility index (Phi) is 3.88. The lowest BCUT2D eigenvalue weighted by molar-refractivity contribution is 0.0965. The third-order valence-electron chi connectivity index (χ3n) is 5.04. The molecule has 140 valence electrons. The number of carbonyl (C=O) groups is 1. The van der Waals surface area contributed by atoms with Crippen LogP contribution in [0.2, 0.25) is 0 Å². The smallest absolute Gasteiger partial charge is 0.262 e. The fourth-order valence-corrected chi connectivity index (χ4v) is 3.68. The summed E-state index contributed by atoms with van der Waals surface area (Å²) in [6.07, 6.45) is 1.68. The van der Waals surface area contributed by atoms with E-state index in [0.29, 0.717) is 38.6 Å². The van der Waals surface area contributed by atoms with Crippen molar-refractivity contribution in [3.05, 3.63) is 107 Å². The number of benzene rings is 3. The molecule has 0 radical (unpaired) electrons. The van der Waals surface area contributed by atoms with Gasteiger partial charge in [0, 0.05) is 34.5 Å². The van der Waals surface area contributed by atoms with E-state index < -0.39 is 0 Å². The molecule has 0 fully saturated rings. The minimum atomic E-state index is -0.365. The van der Waals surface area contributed by atoms with Gasteiger partial charge in [-0.1, -0.05) is 30.3 Å². The lowest BCUT2D eigenvalue weighted by Gasteiger charge is -2.08. The monoisotopic (exact) mass is 382 g/mol. The van der Waals surface area contributed by atoms with Crippen molar-refractivity contribution in [1.29, 1.82) is 0 Å². The molecule has 0 atom stereocenters. The van der Waals surface area contributed by atoms with Gasteiger partial charge in [0.25, 0.3) is 5.91 Å². The third-order valence-corrected chi connectivity index (χ3v) is 5.04. The van der Waals surface area contributed by atoms with E-state index in [1.54, 1.807) is 47.2 Å². The molecule has 0 aliphatic heterocycles. The molecule has 0 spiro atoms. The van der Waals surface area contributed by atoms with Gasteiger partial charge in [-0.25, -0.2) is 4.39 Å². The van der Waals surface area contributed by atoms with E-state index in [4.69, 9.17) is 0 Å². The topological polar surface area (TPSA) is 54.9 Å². The summed E-state index contributed by atoms with van der Waals surface area (Å²) in [6, 6.07) is 21.9. The lowest BCUT2D eigenvalue weighted by atomic mass is 10.1. The molecule has 0 amide bonds. The largest absolute Gasteiger partial charge is 0.354 e. The van der Waals surface area contributed by atoms with Crippen molar-refractivity contribution >= 4 is 27.7 Å². The Bertz CT molecular complexity index is 1450. The molecular formula is C24H15FN2O2. The quantitative estimate of drug-likeness (QED) is 0.468. The van der Waals surface area contributed by atoms with Gasteiger partial charge in [0.2, 0.25) is 0 Å². The second-order valence-electron chi connectivity index (χ2n) is 6.84. The van der Waals surface area contributed by atoms with Gasteiger partial charge in [-0.05, 0) is 42.5 Å². The van der Waals surface area contributed by atoms with Crippen LogP contribution in [0.4, 0.5) is 4.39 Å². The van der Waals surface area contributed by atoms with Crippen molar-refractivity contribution in [3.63, 3.8) is 0 Å². The first-order valence-electron chi connectivity index (χ1n) is 9.14. The number of hydrogen-bond acceptors (Lipinski definition) is 2. The molecule has 4 nitrogen and oxygen atoms in total. The molecule has 2 aromatic heterocycles. The van der Waals surface area contributed by atoms with Crippen LogP contribution in [-0.2, 0) is 0 Å². The van der Waals surface area contributed by atoms with E-state index in [0.717, 1.165) is 0 Å². The van der Waals surface area contributed by atoms with Gasteiger partial charge in [0.05, 0.1) is 16.4 Å². The highest BCUT2D eigenvalue weighted by Crippen LogP contribution is 2.26. The summed E-state index contributed by atoms with van der Waals surface area (Å²) in [5, 5.41) is 1.20. The minimum Gasteiger partial charge on any atom is -0.354 e. The predicted molar refractivity (Wildman–Crippen MR) is 112 cm³/mol. The second kappa shape index (κ2) is 6.56. The highest BCUT2D eigenvalue weighted by Gasteiger charge is 2.15. The average Bonchev–Trinajstić information content (AvgIpc) is 3.17. The average molecular weight is 382 g/mol. The van der Waals surface area contributed by atoms with Crippen molar-refractivity contribution < 1.29 is 9.18 Å². The van der Waals surface area contributed by atoms with Crippen LogP contribution in [-0.4, -0.2) is 15.5 Å². The van der Waals surface area contributed by atoms with Gasteiger partial charge in [-0.2, -0.15) is 0 Å². The summed E-state index contributed by atoms with van der Waals surface area (Å²) in [6.45, 7) is 0. The lowest BCUT2D eigenvalue weighted by Crippen LogP contribution is -2.10. The van der Waals surface area contributed by atoms with Gasteiger partial charge < -0.3 is 4.98 Å². The Labute approximate surface area is 164 Å². The van der Waals surface area contributed by atoms with Gasteiger partial charge in [0.1, 0.15) is 5.82 Å². The number of aromatic nitrogens is 2. The van der Waals surface area contributed by atoms with E-state index in [1.807, 2.05) is 24.3 Å². The maximum absolute atomic E-state index is 13.6. The summed E-state index contributed by atoms with van der Waals surface area (Å²) < 4.78 is 15.1. The molecule has 0 bridgehead atoms. The summed E-state index contributed by atoms with van der Waals surface area (Å²) >= 11 is 0. The Morgan fingerprint density at radius 2 is 1.72 bits per heavy atom. The number of nitrogens with one attached hydrogen (secondary N) is 1. The van der Waals surface area contributed by atoms with Crippen LogP contribution in [0.3, 0.4) is 0 Å². The van der Waals surface area contributed by atoms with E-state index in [2.05, 4.69) is 4.98 Å². The Morgan fingerprint density at radius 3 is 2.52 bits per heavy atom. The molecule has 2 heterocycles. The molecule has 29 heavy (non-hydrogen) atoms. The van der Waals surface area contributed by atoms with Crippen molar-refractivity contribution in [2.75, 3.05) is 0 Å². The fraction of sp³-hybridized carbons (Fsp3) is 0. The molecule has 1 N–H and O–H groups in total. The number of nitrogens with zero attached hydrogens (tertiary/aromatic N) is 1. The number of H-pyrrole nitrogens is 1. The van der Waals surface area contributed by atoms with Crippen LogP contribution in [0.25, 0.3) is 33.1 Å². The summed E-state index contributed by atoms with van der Waals surface area (Å²) in [5.41, 5.74) is 2.82. The molecule has 5 aromatic rings. The Hall–Kier alpha value is -3.99. The standard InChI is InChI=1S/C24H15FN2O2/c25-17-8-4-7-16(13-17)20-14-22(28)23-18-11-12-27(21(18)10-9-19(23)26-20)24(29)15-5-2-1-3-6-15/h1-14H,(H,26,28). The van der Waals surface area contributed by atoms with Crippen LogP contribution in [0.5, 0.6) is 0 Å². The van der Waals surface area contributed by atoms with Crippen LogP contribution < -0.4 is 5.43 Å². The van der Waals surface area contributed by atoms with Crippen LogP contribution in [0.15, 0.2) is 89.9 Å². The van der Waals surface area contributed by atoms with Crippen molar-refractivity contribution in [1.82, 2.24) is 9.55 Å². The molecule has 5 heteroatoms. The first kappa shape index (κ1) is 17.1. The number of halogens is 1. The van der Waals surface area contributed by atoms with E-state index in [9.17, 15) is 14.0 Å². The number of carbonyl (C=O) groups excluding carboxylic acids is 1. The highest BCUT2D eigenvalue weighted by atomic mass is 19.1. The molecular weight excluding hydrogens is 367 g/mol. The van der Waals surface area contributed by atoms with E-state index in [1.165, 1.54) is 18.2 Å². The molecule has 0 saturated heterocycles. The maximum atomic E-state index is 13.6. The van der Waals surface area contributed by atoms with Crippen LogP contribution in [0.1, 0.15) is 10.4 Å². The number of hydrogen-bond donors (Lipinski definition) is 1. The van der Waals surface area contributed by atoms with E-state index in [-0.39, 0.29) is 17.2 Å². The zero-order chi connectivity index (χ0) is 20.0. The molecule has 5 rings (SSSR count). The number of pyridine rings is 1. The summed E-state index contributed by atoms with van der Waals surface area (Å²) in [4.78, 5) is 29.0. The molecule has 0 saturated carbocycles. The molecule has 0 unspecified atom stereocenters. The van der Waals surface area contributed by atoms with Gasteiger partial charge in [-0.3, -0.25) is 14.2 Å². The first-order chi connectivity index (χ1) is 14.1. The van der Waals surface area contributed by atoms with Crippen LogP contribution >= 0.6 is 0 Å². The number of rotatable bonds is 2. The third kappa shape index (κ3) is 2.84. The zero-order valence-corrected chi connectivity index (χ0v) is 15.2. The van der Waals surface area contributed by atoms with Gasteiger partial charge in [-0.15, -0.1) is 0 Å². The molecule has 3 aromatic carbocycles. The molecule has 0 aliphatic rings. The summed E-state index contributed by atoms with van der Waals surface area (Å²) in [7, 11) is 0. The summed E-state index contributed by atoms with van der Waals surface area (Å²) in [5.74, 6) is -0.525. The van der Waals surface area contributed by atoms with Crippen molar-refractivity contribution in [2.45, 2.75) is 0 Å². The second-order valence-corrected chi connectivity index (χ2v) is 6.84. The number of fused-ring (bicyclic) bond motifs is 3. The van der Waals surface area contributed by atoms with E-state index >= 15 is 0 Å². The molecule has 0 aliphatic carbocycles. The van der Waals surface area contributed by atoms with Gasteiger partial charge >= 0.3 is 0 Å². The van der Waals surface area contributed by atoms with Crippen molar-refractivity contribution in [3.8, 4) is 11.3 Å². The Morgan fingerprint density at radius 1 is 0.897 bits per heavy atom. The maximum Gasteiger partial charge on any atom is 0.262 e. The minimum absolute atomic E-state index is 0.159. The van der Waals surface area contributed by atoms with Crippen LogP contribution in [0, 0.1) is 5.82 Å². The fourth-order valence-electron chi connectivity index (χ4n) is 3.68. The SMILES string of the molecule is O=C(c1ccccc1)n1ccc2c3c(=O)cc(-c4cccc(F)c4)[nH]c3ccc21. The normalized spacial score (nSPS) is 11.2. The predicted octanol–water partition coefficient (Wildman–Crippen LogP) is 4.98.